The van der Waals surface area contributed by atoms with Crippen molar-refractivity contribution in [2.45, 2.75) is 26.0 Å². The fraction of sp³-hybridized carbons (Fsp3) is 0.500. The lowest BCUT2D eigenvalue weighted by atomic mass is 10.2. The molecule has 1 saturated heterocycles. The van der Waals surface area contributed by atoms with Crippen molar-refractivity contribution < 1.29 is 9.53 Å². The zero-order valence-corrected chi connectivity index (χ0v) is 12.0. The molecule has 1 atom stereocenters. The second-order valence-electron chi connectivity index (χ2n) is 4.69. The van der Waals surface area contributed by atoms with Crippen molar-refractivity contribution in [1.82, 2.24) is 10.2 Å². The Morgan fingerprint density at radius 2 is 2.32 bits per heavy atom. The predicted octanol–water partition coefficient (Wildman–Crippen LogP) is 2.06. The number of amides is 1. The zero-order chi connectivity index (χ0) is 13.8. The molecule has 1 aromatic carbocycles. The lowest BCUT2D eigenvalue weighted by Gasteiger charge is -2.16. The molecule has 19 heavy (non-hydrogen) atoms. The van der Waals surface area contributed by atoms with Crippen LogP contribution in [0.4, 0.5) is 0 Å². The SMILES string of the molecule is CCNCc1cc(Cl)ccc1OC1CCN(C)C1=O. The van der Waals surface area contributed by atoms with E-state index in [1.54, 1.807) is 18.0 Å². The van der Waals surface area contributed by atoms with Crippen molar-refractivity contribution in [3.63, 3.8) is 0 Å². The Morgan fingerprint density at radius 1 is 1.53 bits per heavy atom. The summed E-state index contributed by atoms with van der Waals surface area (Å²) < 4.78 is 5.85. The molecule has 1 heterocycles. The average molecular weight is 283 g/mol. The van der Waals surface area contributed by atoms with Gasteiger partial charge in [-0.15, -0.1) is 0 Å². The van der Waals surface area contributed by atoms with Crippen LogP contribution in [0.25, 0.3) is 0 Å². The van der Waals surface area contributed by atoms with Crippen LogP contribution in [-0.2, 0) is 11.3 Å². The van der Waals surface area contributed by atoms with Gasteiger partial charge in [-0.1, -0.05) is 18.5 Å². The molecule has 1 aliphatic rings. The van der Waals surface area contributed by atoms with E-state index in [1.807, 2.05) is 19.1 Å². The van der Waals surface area contributed by atoms with E-state index in [1.165, 1.54) is 0 Å². The van der Waals surface area contributed by atoms with Gasteiger partial charge in [0, 0.05) is 37.1 Å². The van der Waals surface area contributed by atoms with Crippen LogP contribution >= 0.6 is 11.6 Å². The summed E-state index contributed by atoms with van der Waals surface area (Å²) >= 11 is 6.01. The summed E-state index contributed by atoms with van der Waals surface area (Å²) in [6.45, 7) is 4.35. The summed E-state index contributed by atoms with van der Waals surface area (Å²) in [6, 6.07) is 5.50. The third kappa shape index (κ3) is 3.39. The molecular formula is C14H19ClN2O2. The number of likely N-dealkylation sites (N-methyl/N-ethyl adjacent to an activating group) is 1. The van der Waals surface area contributed by atoms with Crippen molar-refractivity contribution >= 4 is 17.5 Å². The van der Waals surface area contributed by atoms with Crippen molar-refractivity contribution in [3.05, 3.63) is 28.8 Å². The molecule has 1 fully saturated rings. The largest absolute Gasteiger partial charge is 0.480 e. The number of carbonyl (C=O) groups excluding carboxylic acids is 1. The lowest BCUT2D eigenvalue weighted by molar-refractivity contribution is -0.132. The minimum Gasteiger partial charge on any atom is -0.480 e. The van der Waals surface area contributed by atoms with Gasteiger partial charge in [-0.3, -0.25) is 4.79 Å². The Hall–Kier alpha value is -1.26. The summed E-state index contributed by atoms with van der Waals surface area (Å²) in [6.07, 6.45) is 0.366. The standard InChI is InChI=1S/C14H19ClN2O2/c1-3-16-9-10-8-11(15)4-5-12(10)19-13-6-7-17(2)14(13)18/h4-5,8,13,16H,3,6-7,9H2,1-2H3. The minimum atomic E-state index is -0.369. The van der Waals surface area contributed by atoms with Crippen LogP contribution < -0.4 is 10.1 Å². The second-order valence-corrected chi connectivity index (χ2v) is 5.12. The van der Waals surface area contributed by atoms with E-state index in [9.17, 15) is 4.79 Å². The summed E-state index contributed by atoms with van der Waals surface area (Å²) in [5.41, 5.74) is 0.983. The van der Waals surface area contributed by atoms with Gasteiger partial charge in [-0.2, -0.15) is 0 Å². The Kier molecular flexibility index (Phi) is 4.66. The highest BCUT2D eigenvalue weighted by Crippen LogP contribution is 2.26. The number of likely N-dealkylation sites (tertiary alicyclic amines) is 1. The number of halogens is 1. The molecule has 1 N–H and O–H groups in total. The van der Waals surface area contributed by atoms with E-state index in [0.29, 0.717) is 11.6 Å². The predicted molar refractivity (Wildman–Crippen MR) is 75.5 cm³/mol. The van der Waals surface area contributed by atoms with Gasteiger partial charge in [0.15, 0.2) is 6.10 Å². The highest BCUT2D eigenvalue weighted by molar-refractivity contribution is 6.30. The van der Waals surface area contributed by atoms with Gasteiger partial charge in [-0.05, 0) is 24.7 Å². The van der Waals surface area contributed by atoms with E-state index < -0.39 is 0 Å². The first-order valence-electron chi connectivity index (χ1n) is 6.52. The Bertz CT molecular complexity index is 465. The molecule has 4 nitrogen and oxygen atoms in total. The van der Waals surface area contributed by atoms with Crippen LogP contribution in [0.3, 0.4) is 0 Å². The number of ether oxygens (including phenoxy) is 1. The Balaban J connectivity index is 2.12. The molecule has 0 saturated carbocycles. The minimum absolute atomic E-state index is 0.0457. The molecular weight excluding hydrogens is 264 g/mol. The van der Waals surface area contributed by atoms with Gasteiger partial charge in [0.05, 0.1) is 0 Å². The third-order valence-electron chi connectivity index (χ3n) is 3.24. The van der Waals surface area contributed by atoms with Gasteiger partial charge in [0.2, 0.25) is 0 Å². The lowest BCUT2D eigenvalue weighted by Crippen LogP contribution is -2.29. The van der Waals surface area contributed by atoms with Crippen LogP contribution in [0, 0.1) is 0 Å². The highest BCUT2D eigenvalue weighted by atomic mass is 35.5. The molecule has 0 aromatic heterocycles. The maximum Gasteiger partial charge on any atom is 0.263 e. The smallest absolute Gasteiger partial charge is 0.263 e. The van der Waals surface area contributed by atoms with E-state index >= 15 is 0 Å². The molecule has 104 valence electrons. The van der Waals surface area contributed by atoms with Crippen molar-refractivity contribution in [2.24, 2.45) is 0 Å². The molecule has 0 bridgehead atoms. The molecule has 1 unspecified atom stereocenters. The fourth-order valence-corrected chi connectivity index (χ4v) is 2.31. The first-order valence-corrected chi connectivity index (χ1v) is 6.90. The third-order valence-corrected chi connectivity index (χ3v) is 3.47. The van der Waals surface area contributed by atoms with Crippen molar-refractivity contribution in [1.29, 1.82) is 0 Å². The topological polar surface area (TPSA) is 41.6 Å². The van der Waals surface area contributed by atoms with E-state index in [0.717, 1.165) is 30.8 Å². The van der Waals surface area contributed by atoms with Crippen molar-refractivity contribution in [3.8, 4) is 5.75 Å². The molecule has 2 rings (SSSR count). The monoisotopic (exact) mass is 282 g/mol. The first-order chi connectivity index (χ1) is 9.11. The molecule has 0 aliphatic carbocycles. The van der Waals surface area contributed by atoms with Crippen LogP contribution in [0.2, 0.25) is 5.02 Å². The summed E-state index contributed by atoms with van der Waals surface area (Å²) in [4.78, 5) is 13.6. The van der Waals surface area contributed by atoms with Crippen LogP contribution in [0.5, 0.6) is 5.75 Å². The summed E-state index contributed by atoms with van der Waals surface area (Å²) in [5, 5.41) is 3.92. The van der Waals surface area contributed by atoms with Gasteiger partial charge in [0.1, 0.15) is 5.75 Å². The molecule has 0 spiro atoms. The fourth-order valence-electron chi connectivity index (χ4n) is 2.11. The maximum atomic E-state index is 11.9. The molecule has 1 amide bonds. The number of hydrogen-bond acceptors (Lipinski definition) is 3. The molecule has 0 radical (unpaired) electrons. The molecule has 1 aliphatic heterocycles. The number of rotatable bonds is 5. The average Bonchev–Trinajstić information content (AvgIpc) is 2.71. The quantitative estimate of drug-likeness (QED) is 0.899. The number of benzene rings is 1. The normalized spacial score (nSPS) is 19.0. The Morgan fingerprint density at radius 3 is 2.95 bits per heavy atom. The zero-order valence-electron chi connectivity index (χ0n) is 11.3. The molecule has 1 aromatic rings. The molecule has 5 heteroatoms. The van der Waals surface area contributed by atoms with E-state index in [2.05, 4.69) is 5.32 Å². The maximum absolute atomic E-state index is 11.9. The van der Waals surface area contributed by atoms with Gasteiger partial charge in [0.25, 0.3) is 5.91 Å². The van der Waals surface area contributed by atoms with Crippen LogP contribution in [0.1, 0.15) is 18.9 Å². The van der Waals surface area contributed by atoms with Crippen LogP contribution in [0.15, 0.2) is 18.2 Å². The number of carbonyl (C=O) groups is 1. The number of hydrogen-bond donors (Lipinski definition) is 1. The van der Waals surface area contributed by atoms with E-state index in [-0.39, 0.29) is 12.0 Å². The van der Waals surface area contributed by atoms with Gasteiger partial charge in [-0.25, -0.2) is 0 Å². The summed E-state index contributed by atoms with van der Waals surface area (Å²) in [5.74, 6) is 0.781. The second kappa shape index (κ2) is 6.26. The van der Waals surface area contributed by atoms with Gasteiger partial charge < -0.3 is 15.0 Å². The van der Waals surface area contributed by atoms with E-state index in [4.69, 9.17) is 16.3 Å². The van der Waals surface area contributed by atoms with Crippen molar-refractivity contribution in [2.75, 3.05) is 20.1 Å². The number of nitrogens with one attached hydrogen (secondary N) is 1. The summed E-state index contributed by atoms with van der Waals surface area (Å²) in [7, 11) is 1.80. The number of nitrogens with zero attached hydrogens (tertiary/aromatic N) is 1. The highest BCUT2D eigenvalue weighted by Gasteiger charge is 2.31. The first kappa shape index (κ1) is 14.2. The van der Waals surface area contributed by atoms with Crippen LogP contribution in [-0.4, -0.2) is 37.0 Å². The Labute approximate surface area is 118 Å². The van der Waals surface area contributed by atoms with Gasteiger partial charge >= 0.3 is 0 Å².